The molecule has 0 aliphatic carbocycles. The van der Waals surface area contributed by atoms with Gasteiger partial charge in [0.15, 0.2) is 5.76 Å². The van der Waals surface area contributed by atoms with Gasteiger partial charge in [-0.05, 0) is 12.8 Å². The van der Waals surface area contributed by atoms with E-state index in [4.69, 9.17) is 14.7 Å². The van der Waals surface area contributed by atoms with Crippen LogP contribution in [0.25, 0.3) is 22.6 Å². The molecule has 1 heterocycles. The van der Waals surface area contributed by atoms with Crippen LogP contribution in [-0.2, 0) is 0 Å². The van der Waals surface area contributed by atoms with Crippen molar-refractivity contribution < 1.29 is 4.42 Å². The van der Waals surface area contributed by atoms with Crippen molar-refractivity contribution in [1.82, 2.24) is 4.98 Å². The van der Waals surface area contributed by atoms with E-state index < -0.39 is 0 Å². The summed E-state index contributed by atoms with van der Waals surface area (Å²) < 4.78 is 6.05. The average Bonchev–Trinajstić information content (AvgIpc) is 3.07. The van der Waals surface area contributed by atoms with Gasteiger partial charge in [0.05, 0.1) is 6.07 Å². The number of nitriles is 1. The first-order valence-electron chi connectivity index (χ1n) is 8.00. The van der Waals surface area contributed by atoms with Gasteiger partial charge in [0.1, 0.15) is 5.69 Å². The molecule has 0 bridgehead atoms. The van der Waals surface area contributed by atoms with Crippen LogP contribution >= 0.6 is 11.8 Å². The van der Waals surface area contributed by atoms with Gasteiger partial charge in [-0.2, -0.15) is 5.26 Å². The Bertz CT molecular complexity index is 750. The molecule has 0 N–H and O–H groups in total. The van der Waals surface area contributed by atoms with E-state index in [0.717, 1.165) is 41.2 Å². The molecular weight excluding hydrogens is 316 g/mol. The number of oxazole rings is 1. The van der Waals surface area contributed by atoms with Crippen molar-refractivity contribution in [2.75, 3.05) is 5.75 Å². The van der Waals surface area contributed by atoms with Gasteiger partial charge in [-0.25, -0.2) is 4.98 Å². The third kappa shape index (κ3) is 4.06. The monoisotopic (exact) mass is 334 g/mol. The molecule has 3 rings (SSSR count). The Balaban J connectivity index is 1.85. The first-order chi connectivity index (χ1) is 11.9. The molecule has 0 amide bonds. The molecule has 0 radical (unpaired) electrons. The van der Waals surface area contributed by atoms with Gasteiger partial charge in [-0.1, -0.05) is 72.4 Å². The third-order valence-electron chi connectivity index (χ3n) is 3.60. The number of hydrogen-bond acceptors (Lipinski definition) is 4. The van der Waals surface area contributed by atoms with Crippen LogP contribution in [0, 0.1) is 11.3 Å². The highest BCUT2D eigenvalue weighted by atomic mass is 32.2. The van der Waals surface area contributed by atoms with Gasteiger partial charge in [-0.3, -0.25) is 0 Å². The first-order valence-corrected chi connectivity index (χ1v) is 8.98. The summed E-state index contributed by atoms with van der Waals surface area (Å²) in [5, 5.41) is 9.27. The van der Waals surface area contributed by atoms with Crippen LogP contribution in [0.1, 0.15) is 19.3 Å². The summed E-state index contributed by atoms with van der Waals surface area (Å²) in [4.78, 5) is 4.71. The van der Waals surface area contributed by atoms with Crippen LogP contribution in [0.15, 0.2) is 70.3 Å². The number of nitrogens with zero attached hydrogens (tertiary/aromatic N) is 2. The summed E-state index contributed by atoms with van der Waals surface area (Å²) in [6.45, 7) is 0. The lowest BCUT2D eigenvalue weighted by atomic mass is 10.1. The molecule has 0 saturated heterocycles. The summed E-state index contributed by atoms with van der Waals surface area (Å²) in [6.07, 6.45) is 2.51. The maximum atomic E-state index is 8.59. The molecule has 0 saturated carbocycles. The second-order valence-corrected chi connectivity index (χ2v) is 6.40. The molecular formula is C20H18N2OS. The fourth-order valence-corrected chi connectivity index (χ4v) is 3.23. The highest BCUT2D eigenvalue weighted by Gasteiger charge is 2.16. The lowest BCUT2D eigenvalue weighted by molar-refractivity contribution is 0.466. The Kier molecular flexibility index (Phi) is 5.70. The van der Waals surface area contributed by atoms with Crippen molar-refractivity contribution in [2.24, 2.45) is 0 Å². The van der Waals surface area contributed by atoms with Crippen LogP contribution in [0.4, 0.5) is 0 Å². The zero-order chi connectivity index (χ0) is 16.6. The topological polar surface area (TPSA) is 49.8 Å². The minimum atomic E-state index is 0.608. The highest BCUT2D eigenvalue weighted by Crippen LogP contribution is 2.35. The zero-order valence-corrected chi connectivity index (χ0v) is 14.1. The van der Waals surface area contributed by atoms with Gasteiger partial charge in [0.2, 0.25) is 0 Å². The van der Waals surface area contributed by atoms with Crippen molar-refractivity contribution in [3.63, 3.8) is 0 Å². The molecule has 0 atom stereocenters. The summed E-state index contributed by atoms with van der Waals surface area (Å²) in [5.74, 6) is 1.71. The lowest BCUT2D eigenvalue weighted by Gasteiger charge is -2.00. The van der Waals surface area contributed by atoms with E-state index in [2.05, 4.69) is 6.07 Å². The SMILES string of the molecule is N#CCCCCSc1nc(-c2ccccc2)c(-c2ccccc2)o1. The summed E-state index contributed by atoms with van der Waals surface area (Å²) in [5.41, 5.74) is 2.96. The Morgan fingerprint density at radius 3 is 2.25 bits per heavy atom. The Morgan fingerprint density at radius 1 is 0.917 bits per heavy atom. The van der Waals surface area contributed by atoms with Crippen molar-refractivity contribution in [3.8, 4) is 28.7 Å². The maximum Gasteiger partial charge on any atom is 0.256 e. The molecule has 0 aliphatic rings. The molecule has 0 fully saturated rings. The minimum Gasteiger partial charge on any atom is -0.431 e. The Morgan fingerprint density at radius 2 is 1.58 bits per heavy atom. The average molecular weight is 334 g/mol. The van der Waals surface area contributed by atoms with Crippen molar-refractivity contribution in [3.05, 3.63) is 60.7 Å². The van der Waals surface area contributed by atoms with E-state index in [9.17, 15) is 0 Å². The van der Waals surface area contributed by atoms with Crippen LogP contribution in [0.5, 0.6) is 0 Å². The van der Waals surface area contributed by atoms with E-state index in [1.54, 1.807) is 11.8 Å². The second-order valence-electron chi connectivity index (χ2n) is 5.35. The van der Waals surface area contributed by atoms with Gasteiger partial charge in [0.25, 0.3) is 5.22 Å². The van der Waals surface area contributed by atoms with Crippen LogP contribution in [-0.4, -0.2) is 10.7 Å². The molecule has 120 valence electrons. The number of rotatable bonds is 7. The fraction of sp³-hybridized carbons (Fsp3) is 0.200. The van der Waals surface area contributed by atoms with Gasteiger partial charge < -0.3 is 4.42 Å². The van der Waals surface area contributed by atoms with Crippen molar-refractivity contribution in [1.29, 1.82) is 5.26 Å². The summed E-state index contributed by atoms with van der Waals surface area (Å²) in [6, 6.07) is 22.3. The Labute approximate surface area is 146 Å². The number of aromatic nitrogens is 1. The van der Waals surface area contributed by atoms with Crippen molar-refractivity contribution >= 4 is 11.8 Å². The van der Waals surface area contributed by atoms with Crippen LogP contribution in [0.3, 0.4) is 0 Å². The second kappa shape index (κ2) is 8.37. The normalized spacial score (nSPS) is 10.5. The van der Waals surface area contributed by atoms with Gasteiger partial charge in [0, 0.05) is 23.3 Å². The largest absolute Gasteiger partial charge is 0.431 e. The van der Waals surface area contributed by atoms with E-state index >= 15 is 0 Å². The number of benzene rings is 2. The molecule has 0 unspecified atom stereocenters. The minimum absolute atomic E-state index is 0.608. The quantitative estimate of drug-likeness (QED) is 0.405. The van der Waals surface area contributed by atoms with Gasteiger partial charge in [-0.15, -0.1) is 0 Å². The van der Waals surface area contributed by atoms with E-state index in [-0.39, 0.29) is 0 Å². The molecule has 4 heteroatoms. The first kappa shape index (κ1) is 16.4. The molecule has 0 aliphatic heterocycles. The van der Waals surface area contributed by atoms with Crippen molar-refractivity contribution in [2.45, 2.75) is 24.5 Å². The van der Waals surface area contributed by atoms with Crippen LogP contribution in [0.2, 0.25) is 0 Å². The number of hydrogen-bond donors (Lipinski definition) is 0. The van der Waals surface area contributed by atoms with E-state index in [0.29, 0.717) is 11.6 Å². The molecule has 2 aromatic carbocycles. The molecule has 1 aromatic heterocycles. The molecule has 24 heavy (non-hydrogen) atoms. The fourth-order valence-electron chi connectivity index (χ4n) is 2.40. The molecule has 3 aromatic rings. The highest BCUT2D eigenvalue weighted by molar-refractivity contribution is 7.99. The Hall–Kier alpha value is -2.51. The van der Waals surface area contributed by atoms with E-state index in [1.807, 2.05) is 60.7 Å². The smallest absolute Gasteiger partial charge is 0.256 e. The number of thioether (sulfide) groups is 1. The van der Waals surface area contributed by atoms with Gasteiger partial charge >= 0.3 is 0 Å². The summed E-state index contributed by atoms with van der Waals surface area (Å²) in [7, 11) is 0. The van der Waals surface area contributed by atoms with E-state index in [1.165, 1.54) is 0 Å². The summed E-state index contributed by atoms with van der Waals surface area (Å²) >= 11 is 1.61. The van der Waals surface area contributed by atoms with Crippen LogP contribution < -0.4 is 0 Å². The number of unbranched alkanes of at least 4 members (excludes halogenated alkanes) is 2. The maximum absolute atomic E-state index is 8.59. The predicted molar refractivity (Wildman–Crippen MR) is 97.6 cm³/mol. The standard InChI is InChI=1S/C20H18N2OS/c21-14-8-3-9-15-24-20-22-18(16-10-4-1-5-11-16)19(23-20)17-12-6-2-7-13-17/h1-2,4-7,10-13H,3,8-9,15H2. The molecule has 3 nitrogen and oxygen atoms in total. The molecule has 0 spiro atoms. The lowest BCUT2D eigenvalue weighted by Crippen LogP contribution is -1.82. The predicted octanol–water partition coefficient (Wildman–Crippen LogP) is 5.79. The third-order valence-corrected chi connectivity index (χ3v) is 4.51. The zero-order valence-electron chi connectivity index (χ0n) is 13.3.